The molecule has 0 radical (unpaired) electrons. The molecule has 0 bridgehead atoms. The second kappa shape index (κ2) is 6.07. The molecule has 0 saturated heterocycles. The molecule has 0 fully saturated rings. The Morgan fingerprint density at radius 1 is 0.579 bits per heavy atom. The van der Waals surface area contributed by atoms with Crippen LogP contribution in [-0.2, 0) is 0 Å². The maximum absolute atomic E-state index is 2.95. The fourth-order valence-corrected chi connectivity index (χ4v) is 15.8. The first-order valence-corrected chi connectivity index (χ1v) is 12.0. The summed E-state index contributed by atoms with van der Waals surface area (Å²) in [5, 5.41) is 0. The fourth-order valence-electron chi connectivity index (χ4n) is 2.94. The van der Waals surface area contributed by atoms with Crippen molar-refractivity contribution in [1.29, 1.82) is 0 Å². The van der Waals surface area contributed by atoms with Crippen molar-refractivity contribution in [3.05, 3.63) is 60.7 Å². The van der Waals surface area contributed by atoms with E-state index in [1.165, 1.54) is 7.16 Å². The van der Waals surface area contributed by atoms with Gasteiger partial charge in [0.25, 0.3) is 0 Å². The van der Waals surface area contributed by atoms with E-state index in [0.29, 0.717) is 0 Å². The van der Waals surface area contributed by atoms with Gasteiger partial charge in [-0.15, -0.1) is 0 Å². The summed E-state index contributed by atoms with van der Waals surface area (Å²) in [6.45, 7) is 0. The molecule has 0 aliphatic rings. The van der Waals surface area contributed by atoms with Gasteiger partial charge in [-0.1, -0.05) is 0 Å². The van der Waals surface area contributed by atoms with Crippen LogP contribution in [0.2, 0.25) is 0 Å². The van der Waals surface area contributed by atoms with Gasteiger partial charge < -0.3 is 0 Å². The Morgan fingerprint density at radius 2 is 0.895 bits per heavy atom. The molecule has 0 aromatic heterocycles. The van der Waals surface area contributed by atoms with E-state index in [-0.39, 0.29) is 0 Å². The Kier molecular flexibility index (Phi) is 4.66. The van der Waals surface area contributed by atoms with Crippen molar-refractivity contribution in [2.75, 3.05) is 28.2 Å². The van der Waals surface area contributed by atoms with Crippen molar-refractivity contribution in [3.63, 3.8) is 0 Å². The molecule has 0 atom stereocenters. The van der Waals surface area contributed by atoms with Crippen LogP contribution in [0, 0.1) is 0 Å². The van der Waals surface area contributed by atoms with Crippen LogP contribution in [0.5, 0.6) is 0 Å². The first-order chi connectivity index (χ1) is 9.10. The summed E-state index contributed by atoms with van der Waals surface area (Å²) < 4.78 is 7.91. The number of hydrogen-bond donors (Lipinski definition) is 0. The number of rotatable bonds is 4. The number of hydrogen-bond acceptors (Lipinski definition) is 2. The van der Waals surface area contributed by atoms with Crippen LogP contribution in [-0.4, -0.2) is 53.4 Å². The molecule has 0 spiro atoms. The number of benzene rings is 2. The molecular formula is C16H22N2Sn. The third-order valence-electron chi connectivity index (χ3n) is 3.65. The molecule has 2 rings (SSSR count). The average molecular weight is 361 g/mol. The quantitative estimate of drug-likeness (QED) is 0.760. The van der Waals surface area contributed by atoms with Gasteiger partial charge >= 0.3 is 121 Å². The Labute approximate surface area is 121 Å². The van der Waals surface area contributed by atoms with Crippen LogP contribution in [0.4, 0.5) is 0 Å². The topological polar surface area (TPSA) is 6.48 Å². The zero-order valence-electron chi connectivity index (χ0n) is 12.2. The molecule has 0 heterocycles. The predicted molar refractivity (Wildman–Crippen MR) is 85.3 cm³/mol. The van der Waals surface area contributed by atoms with Gasteiger partial charge in [0.05, 0.1) is 0 Å². The van der Waals surface area contributed by atoms with Crippen molar-refractivity contribution in [3.8, 4) is 0 Å². The molecule has 0 unspecified atom stereocenters. The summed E-state index contributed by atoms with van der Waals surface area (Å²) in [6.07, 6.45) is 0. The third kappa shape index (κ3) is 2.57. The van der Waals surface area contributed by atoms with Gasteiger partial charge in [0.1, 0.15) is 0 Å². The van der Waals surface area contributed by atoms with Crippen molar-refractivity contribution in [1.82, 2.24) is 6.24 Å². The van der Waals surface area contributed by atoms with E-state index in [2.05, 4.69) is 95.1 Å². The molecule has 0 saturated carbocycles. The van der Waals surface area contributed by atoms with Crippen LogP contribution in [0.15, 0.2) is 60.7 Å². The zero-order valence-corrected chi connectivity index (χ0v) is 15.0. The van der Waals surface area contributed by atoms with Crippen LogP contribution in [0.1, 0.15) is 0 Å². The monoisotopic (exact) mass is 362 g/mol. The standard InChI is InChI=1S/2C6H5.2C2H6N.Sn/c2*1-2-4-6-5-3-1;2*1-3-2;/h2*1-5H;2*1-2H3;/q;;2*-1;+2. The Balaban J connectivity index is 2.69. The molecule has 2 aromatic carbocycles. The molecule has 0 N–H and O–H groups in total. The van der Waals surface area contributed by atoms with Gasteiger partial charge in [-0.25, -0.2) is 0 Å². The van der Waals surface area contributed by atoms with E-state index >= 15 is 0 Å². The van der Waals surface area contributed by atoms with Crippen LogP contribution in [0.25, 0.3) is 0 Å². The Bertz CT molecular complexity index is 459. The summed E-state index contributed by atoms with van der Waals surface area (Å²) in [4.78, 5) is 0. The Morgan fingerprint density at radius 3 is 1.16 bits per heavy atom. The predicted octanol–water partition coefficient (Wildman–Crippen LogP) is 1.37. The molecule has 0 amide bonds. The van der Waals surface area contributed by atoms with E-state index in [4.69, 9.17) is 0 Å². The van der Waals surface area contributed by atoms with Crippen LogP contribution >= 0.6 is 0 Å². The molecule has 2 nitrogen and oxygen atoms in total. The van der Waals surface area contributed by atoms with E-state index < -0.39 is 18.9 Å². The van der Waals surface area contributed by atoms with Crippen LogP contribution < -0.4 is 7.16 Å². The summed E-state index contributed by atoms with van der Waals surface area (Å²) in [5.41, 5.74) is 0. The molecular weight excluding hydrogens is 339 g/mol. The fraction of sp³-hybridized carbons (Fsp3) is 0.250. The van der Waals surface area contributed by atoms with E-state index in [1.54, 1.807) is 0 Å². The van der Waals surface area contributed by atoms with Crippen LogP contribution in [0.3, 0.4) is 0 Å². The summed E-state index contributed by atoms with van der Waals surface area (Å²) in [7, 11) is 8.87. The van der Waals surface area contributed by atoms with Gasteiger partial charge in [-0.05, 0) is 0 Å². The van der Waals surface area contributed by atoms with Crippen molar-refractivity contribution >= 4 is 26.1 Å². The maximum atomic E-state index is 2.47. The van der Waals surface area contributed by atoms with Gasteiger partial charge in [0.2, 0.25) is 0 Å². The first kappa shape index (κ1) is 14.6. The number of nitrogens with zero attached hydrogens (tertiary/aromatic N) is 2. The molecule has 19 heavy (non-hydrogen) atoms. The second-order valence-electron chi connectivity index (χ2n) is 5.19. The molecule has 100 valence electrons. The second-order valence-corrected chi connectivity index (χ2v) is 17.4. The summed E-state index contributed by atoms with van der Waals surface area (Å²) >= 11 is -2.95. The van der Waals surface area contributed by atoms with Gasteiger partial charge in [-0.2, -0.15) is 0 Å². The molecule has 3 heteroatoms. The van der Waals surface area contributed by atoms with E-state index in [0.717, 1.165) is 0 Å². The van der Waals surface area contributed by atoms with Crippen molar-refractivity contribution in [2.45, 2.75) is 0 Å². The first-order valence-electron chi connectivity index (χ1n) is 6.56. The molecule has 2 aromatic rings. The zero-order chi connectivity index (χ0) is 13.9. The normalized spacial score (nSPS) is 12.1. The van der Waals surface area contributed by atoms with Crippen molar-refractivity contribution < 1.29 is 0 Å². The third-order valence-corrected chi connectivity index (χ3v) is 17.5. The minimum atomic E-state index is -2.95. The van der Waals surface area contributed by atoms with Gasteiger partial charge in [0.15, 0.2) is 0 Å². The SMILES string of the molecule is C[N](C)[Sn]([c]1ccccc1)([c]1ccccc1)[N](C)C. The minimum absolute atomic E-state index is 1.48. The summed E-state index contributed by atoms with van der Waals surface area (Å²) in [6, 6.07) is 21.9. The van der Waals surface area contributed by atoms with Gasteiger partial charge in [0, 0.05) is 0 Å². The molecule has 0 aliphatic heterocycles. The van der Waals surface area contributed by atoms with E-state index in [9.17, 15) is 0 Å². The van der Waals surface area contributed by atoms with E-state index in [1.807, 2.05) is 0 Å². The average Bonchev–Trinajstić information content (AvgIpc) is 2.41. The summed E-state index contributed by atoms with van der Waals surface area (Å²) in [5.74, 6) is 0. The Hall–Kier alpha value is -0.841. The molecule has 0 aliphatic carbocycles. The van der Waals surface area contributed by atoms with Gasteiger partial charge in [-0.3, -0.25) is 0 Å². The van der Waals surface area contributed by atoms with Crippen molar-refractivity contribution in [2.24, 2.45) is 0 Å².